The summed E-state index contributed by atoms with van der Waals surface area (Å²) in [4.78, 5) is 43.3. The number of benzene rings is 2. The third-order valence-electron chi connectivity index (χ3n) is 6.30. The molecule has 2 aromatic rings. The number of rotatable bonds is 5. The fourth-order valence-electron chi connectivity index (χ4n) is 4.34. The topological polar surface area (TPSA) is 88.6 Å². The van der Waals surface area contributed by atoms with Crippen LogP contribution >= 0.6 is 0 Å². The number of esters is 2. The van der Waals surface area contributed by atoms with Crippen molar-refractivity contribution < 1.29 is 28.6 Å². The Labute approximate surface area is 204 Å². The van der Waals surface area contributed by atoms with E-state index in [4.69, 9.17) is 14.2 Å². The number of ether oxygens (including phenoxy) is 3. The maximum atomic E-state index is 12.9. The Morgan fingerprint density at radius 3 is 2.09 bits per heavy atom. The normalized spacial score (nSPS) is 16.3. The van der Waals surface area contributed by atoms with Crippen LogP contribution in [0.25, 0.3) is 0 Å². The number of hydrogen-bond donors (Lipinski definition) is 0. The number of carbonyl (C=O) groups excluding carboxylic acids is 3. The fourth-order valence-corrected chi connectivity index (χ4v) is 4.34. The van der Waals surface area contributed by atoms with Crippen LogP contribution in [0, 0.1) is 6.92 Å². The molecule has 9 nitrogen and oxygen atoms in total. The lowest BCUT2D eigenvalue weighted by Gasteiger charge is -2.36. The van der Waals surface area contributed by atoms with Gasteiger partial charge in [0.1, 0.15) is 12.4 Å². The predicted octanol–water partition coefficient (Wildman–Crippen LogP) is 2.35. The lowest BCUT2D eigenvalue weighted by atomic mass is 10.1. The van der Waals surface area contributed by atoms with Crippen LogP contribution in [0.2, 0.25) is 0 Å². The highest BCUT2D eigenvalue weighted by atomic mass is 16.5. The van der Waals surface area contributed by atoms with Crippen molar-refractivity contribution in [1.82, 2.24) is 4.90 Å². The quantitative estimate of drug-likeness (QED) is 0.604. The summed E-state index contributed by atoms with van der Waals surface area (Å²) in [5, 5.41) is 0. The first-order chi connectivity index (χ1) is 16.9. The Bertz CT molecular complexity index is 1140. The summed E-state index contributed by atoms with van der Waals surface area (Å²) in [5.41, 5.74) is 3.64. The zero-order valence-corrected chi connectivity index (χ0v) is 20.2. The molecular weight excluding hydrogens is 450 g/mol. The summed E-state index contributed by atoms with van der Waals surface area (Å²) in [7, 11) is 2.52. The number of piperazine rings is 1. The van der Waals surface area contributed by atoms with E-state index in [9.17, 15) is 14.4 Å². The number of amides is 1. The molecule has 0 aromatic heterocycles. The smallest absolute Gasteiger partial charge is 0.355 e. The largest absolute Gasteiger partial charge is 0.466 e. The third kappa shape index (κ3) is 5.00. The summed E-state index contributed by atoms with van der Waals surface area (Å²) in [6, 6.07) is 15.3. The highest BCUT2D eigenvalue weighted by Gasteiger charge is 2.32. The van der Waals surface area contributed by atoms with E-state index < -0.39 is 11.9 Å². The van der Waals surface area contributed by atoms with Crippen molar-refractivity contribution in [2.24, 2.45) is 0 Å². The van der Waals surface area contributed by atoms with E-state index in [2.05, 4.69) is 4.90 Å². The first kappa shape index (κ1) is 24.3. The van der Waals surface area contributed by atoms with Crippen molar-refractivity contribution in [3.05, 3.63) is 70.9 Å². The van der Waals surface area contributed by atoms with E-state index in [0.717, 1.165) is 16.8 Å². The molecule has 0 radical (unpaired) electrons. The van der Waals surface area contributed by atoms with Gasteiger partial charge >= 0.3 is 11.9 Å². The van der Waals surface area contributed by atoms with Gasteiger partial charge in [-0.2, -0.15) is 0 Å². The molecule has 0 bridgehead atoms. The number of anilines is 2. The molecule has 0 saturated carbocycles. The molecule has 1 fully saturated rings. The molecule has 2 heterocycles. The summed E-state index contributed by atoms with van der Waals surface area (Å²) in [6.45, 7) is 4.71. The van der Waals surface area contributed by atoms with Gasteiger partial charge in [0.2, 0.25) is 0 Å². The predicted molar refractivity (Wildman–Crippen MR) is 130 cm³/mol. The van der Waals surface area contributed by atoms with Crippen LogP contribution in [-0.4, -0.2) is 76.5 Å². The fraction of sp³-hybridized carbons (Fsp3) is 0.346. The maximum absolute atomic E-state index is 12.9. The van der Waals surface area contributed by atoms with E-state index in [1.54, 1.807) is 4.90 Å². The Morgan fingerprint density at radius 2 is 1.46 bits per heavy atom. The van der Waals surface area contributed by atoms with Crippen molar-refractivity contribution in [1.29, 1.82) is 0 Å². The Hall–Kier alpha value is -3.85. The average molecular weight is 480 g/mol. The molecule has 2 aliphatic rings. The number of hydrogen-bond acceptors (Lipinski definition) is 8. The lowest BCUT2D eigenvalue weighted by Crippen LogP contribution is -2.49. The molecule has 35 heavy (non-hydrogen) atoms. The molecule has 1 saturated heterocycles. The van der Waals surface area contributed by atoms with Gasteiger partial charge in [0.25, 0.3) is 5.91 Å². The number of carbonyl (C=O) groups is 3. The van der Waals surface area contributed by atoms with Gasteiger partial charge in [-0.25, -0.2) is 9.59 Å². The van der Waals surface area contributed by atoms with E-state index in [1.165, 1.54) is 14.2 Å². The van der Waals surface area contributed by atoms with Gasteiger partial charge in [0.05, 0.1) is 26.4 Å². The minimum atomic E-state index is -0.634. The summed E-state index contributed by atoms with van der Waals surface area (Å²) >= 11 is 0. The monoisotopic (exact) mass is 479 g/mol. The van der Waals surface area contributed by atoms with E-state index in [0.29, 0.717) is 31.9 Å². The van der Waals surface area contributed by atoms with E-state index in [-0.39, 0.29) is 30.5 Å². The van der Waals surface area contributed by atoms with Crippen LogP contribution in [-0.2, 0) is 23.8 Å². The second-order valence-corrected chi connectivity index (χ2v) is 8.33. The third-order valence-corrected chi connectivity index (χ3v) is 6.30. The first-order valence-electron chi connectivity index (χ1n) is 11.4. The van der Waals surface area contributed by atoms with Gasteiger partial charge in [-0.05, 0) is 42.8 Å². The zero-order valence-electron chi connectivity index (χ0n) is 20.2. The standard InChI is InChI=1S/C26H29N3O6/c1-18-6-4-5-7-21(18)24(30)28-14-12-27(13-15-28)19-8-10-20(11-9-19)29-17-35-16-22(25(31)33-2)23(29)26(32)34-3/h4-11H,12-17H2,1-3H3. The second-order valence-electron chi connectivity index (χ2n) is 8.33. The van der Waals surface area contributed by atoms with E-state index >= 15 is 0 Å². The van der Waals surface area contributed by atoms with Gasteiger partial charge in [0, 0.05) is 43.1 Å². The average Bonchev–Trinajstić information content (AvgIpc) is 2.92. The molecule has 0 atom stereocenters. The van der Waals surface area contributed by atoms with Crippen LogP contribution in [0.3, 0.4) is 0 Å². The van der Waals surface area contributed by atoms with Crippen molar-refractivity contribution in [2.45, 2.75) is 6.92 Å². The molecule has 0 spiro atoms. The van der Waals surface area contributed by atoms with Gasteiger partial charge in [-0.3, -0.25) is 4.79 Å². The molecule has 1 amide bonds. The summed E-state index contributed by atoms with van der Waals surface area (Å²) < 4.78 is 15.3. The minimum Gasteiger partial charge on any atom is -0.466 e. The van der Waals surface area contributed by atoms with Crippen molar-refractivity contribution in [3.8, 4) is 0 Å². The van der Waals surface area contributed by atoms with Gasteiger partial charge in [-0.1, -0.05) is 18.2 Å². The number of aryl methyl sites for hydroxylation is 1. The molecule has 0 unspecified atom stereocenters. The van der Waals surface area contributed by atoms with Crippen LogP contribution < -0.4 is 9.80 Å². The number of methoxy groups -OCH3 is 2. The molecule has 0 aliphatic carbocycles. The van der Waals surface area contributed by atoms with Crippen LogP contribution in [0.5, 0.6) is 0 Å². The molecular formula is C26H29N3O6. The molecule has 2 aromatic carbocycles. The highest BCUT2D eigenvalue weighted by molar-refractivity contribution is 6.03. The SMILES string of the molecule is COC(=O)C1=C(C(=O)OC)N(c2ccc(N3CCN(C(=O)c4ccccc4C)CC3)cc2)COC1. The summed E-state index contributed by atoms with van der Waals surface area (Å²) in [5.74, 6) is -1.20. The van der Waals surface area contributed by atoms with Gasteiger partial charge < -0.3 is 28.9 Å². The lowest BCUT2D eigenvalue weighted by molar-refractivity contribution is -0.140. The molecule has 2 aliphatic heterocycles. The molecule has 184 valence electrons. The van der Waals surface area contributed by atoms with Crippen LogP contribution in [0.15, 0.2) is 59.8 Å². The van der Waals surface area contributed by atoms with Crippen molar-refractivity contribution in [3.63, 3.8) is 0 Å². The van der Waals surface area contributed by atoms with E-state index in [1.807, 2.05) is 60.4 Å². The Kier molecular flexibility index (Phi) is 7.36. The second kappa shape index (κ2) is 10.6. The zero-order chi connectivity index (χ0) is 24.9. The molecule has 4 rings (SSSR count). The maximum Gasteiger partial charge on any atom is 0.355 e. The van der Waals surface area contributed by atoms with Crippen LogP contribution in [0.1, 0.15) is 15.9 Å². The molecule has 9 heteroatoms. The summed E-state index contributed by atoms with van der Waals surface area (Å²) in [6.07, 6.45) is 0. The van der Waals surface area contributed by atoms with Gasteiger partial charge in [-0.15, -0.1) is 0 Å². The van der Waals surface area contributed by atoms with Crippen LogP contribution in [0.4, 0.5) is 11.4 Å². The first-order valence-corrected chi connectivity index (χ1v) is 11.4. The Balaban J connectivity index is 1.47. The highest BCUT2D eigenvalue weighted by Crippen LogP contribution is 2.29. The Morgan fingerprint density at radius 1 is 0.829 bits per heavy atom. The van der Waals surface area contributed by atoms with Gasteiger partial charge in [0.15, 0.2) is 0 Å². The number of nitrogens with zero attached hydrogens (tertiary/aromatic N) is 3. The molecule has 0 N–H and O–H groups in total. The van der Waals surface area contributed by atoms with Crippen molar-refractivity contribution in [2.75, 3.05) is 63.5 Å². The minimum absolute atomic E-state index is 0.0306. The van der Waals surface area contributed by atoms with Crippen molar-refractivity contribution >= 4 is 29.2 Å².